The molecule has 0 N–H and O–H groups in total. The molecule has 1 aromatic heterocycles. The molecule has 1 rings (SSSR count). The Kier molecular flexibility index (Phi) is 4.50. The third-order valence-electron chi connectivity index (χ3n) is 1.55. The first-order chi connectivity index (χ1) is 6.13. The van der Waals surface area contributed by atoms with Crippen LogP contribution in [0.3, 0.4) is 0 Å². The maximum absolute atomic E-state index is 11.1. The molecule has 0 saturated carbocycles. The summed E-state index contributed by atoms with van der Waals surface area (Å²) in [6.07, 6.45) is 0.781. The summed E-state index contributed by atoms with van der Waals surface area (Å²) in [6, 6.07) is 4.03. The number of carbonyl (C=O) groups is 1. The number of carbonyl (C=O) groups excluding carboxylic acids is 1. The molecule has 72 valence electrons. The fourth-order valence-electron chi connectivity index (χ4n) is 0.913. The molecule has 0 aliphatic carbocycles. The van der Waals surface area contributed by atoms with Gasteiger partial charge in [-0.1, -0.05) is 0 Å². The summed E-state index contributed by atoms with van der Waals surface area (Å²) in [5.74, 6) is -0.121. The zero-order valence-electron chi connectivity index (χ0n) is 7.12. The summed E-state index contributed by atoms with van der Waals surface area (Å²) < 4.78 is 5.77. The van der Waals surface area contributed by atoms with E-state index in [0.29, 0.717) is 0 Å². The Morgan fingerprint density at radius 1 is 1.77 bits per heavy atom. The van der Waals surface area contributed by atoms with Gasteiger partial charge in [-0.25, -0.2) is 0 Å². The van der Waals surface area contributed by atoms with Gasteiger partial charge in [-0.3, -0.25) is 0 Å². The van der Waals surface area contributed by atoms with Gasteiger partial charge in [0.25, 0.3) is 0 Å². The summed E-state index contributed by atoms with van der Waals surface area (Å²) in [7, 11) is 1.43. The van der Waals surface area contributed by atoms with Crippen molar-refractivity contribution in [3.8, 4) is 0 Å². The van der Waals surface area contributed by atoms with E-state index in [1.54, 1.807) is 11.3 Å². The fraction of sp³-hybridized carbons (Fsp3) is 0.375. The fourth-order valence-corrected chi connectivity index (χ4v) is 3.63. The van der Waals surface area contributed by atoms with Crippen LogP contribution in [0, 0.1) is 0 Å². The quantitative estimate of drug-likeness (QED) is 0.624. The molecule has 1 heterocycles. The van der Waals surface area contributed by atoms with E-state index in [1.807, 2.05) is 12.1 Å². The molecule has 0 aliphatic rings. The van der Waals surface area contributed by atoms with E-state index in [-0.39, 0.29) is 10.7 Å². The van der Waals surface area contributed by atoms with Crippen molar-refractivity contribution in [2.24, 2.45) is 0 Å². The average Bonchev–Trinajstić information content (AvgIpc) is 2.49. The van der Waals surface area contributed by atoms with Crippen LogP contribution in [0.1, 0.15) is 4.88 Å². The number of rotatable bonds is 3. The monoisotopic (exact) mass is 324 g/mol. The molecule has 0 fully saturated rings. The van der Waals surface area contributed by atoms with Crippen molar-refractivity contribution >= 4 is 50.1 Å². The van der Waals surface area contributed by atoms with E-state index in [2.05, 4.69) is 20.7 Å². The van der Waals surface area contributed by atoms with Gasteiger partial charge >= 0.3 is 98.7 Å². The number of hydrogen-bond acceptors (Lipinski definition) is 3. The first-order valence-electron chi connectivity index (χ1n) is 3.71. The zero-order chi connectivity index (χ0) is 9.84. The van der Waals surface area contributed by atoms with Gasteiger partial charge in [-0.15, -0.1) is 0 Å². The van der Waals surface area contributed by atoms with Gasteiger partial charge in [0.15, 0.2) is 0 Å². The molecule has 1 aromatic rings. The summed E-state index contributed by atoms with van der Waals surface area (Å²) in [5.41, 5.74) is 0. The Hall–Kier alpha value is 0.208. The van der Waals surface area contributed by atoms with Gasteiger partial charge in [-0.2, -0.15) is 0 Å². The second-order valence-electron chi connectivity index (χ2n) is 2.54. The third kappa shape index (κ3) is 3.45. The number of esters is 1. The maximum atomic E-state index is 11.1. The predicted octanol–water partition coefficient (Wildman–Crippen LogP) is 1.65. The van der Waals surface area contributed by atoms with E-state index in [9.17, 15) is 4.79 Å². The topological polar surface area (TPSA) is 26.3 Å². The van der Waals surface area contributed by atoms with Crippen LogP contribution in [0.15, 0.2) is 15.9 Å². The first-order valence-corrected chi connectivity index (χ1v) is 6.72. The van der Waals surface area contributed by atoms with Crippen LogP contribution < -0.4 is 0 Å². The van der Waals surface area contributed by atoms with Crippen LogP contribution in [0.4, 0.5) is 0 Å². The summed E-state index contributed by atoms with van der Waals surface area (Å²) in [5, 5.41) is 0. The van der Waals surface area contributed by atoms with Crippen LogP contribution in [0.2, 0.25) is 4.71 Å². The summed E-state index contributed by atoms with van der Waals surface area (Å²) >= 11 is 6.46. The molecular formula is C8H10AsBrO2S. The molecule has 0 radical (unpaired) electrons. The van der Waals surface area contributed by atoms with Crippen molar-refractivity contribution in [1.29, 1.82) is 0 Å². The number of hydrogen-bond donors (Lipinski definition) is 0. The van der Waals surface area contributed by atoms with Crippen molar-refractivity contribution in [2.45, 2.75) is 11.1 Å². The Morgan fingerprint density at radius 2 is 2.46 bits per heavy atom. The minimum absolute atomic E-state index is 0.00282. The van der Waals surface area contributed by atoms with Gasteiger partial charge in [-0.05, 0) is 0 Å². The van der Waals surface area contributed by atoms with Crippen LogP contribution in [-0.4, -0.2) is 29.9 Å². The number of methoxy groups -OCH3 is 1. The summed E-state index contributed by atoms with van der Waals surface area (Å²) in [4.78, 5) is 12.3. The molecule has 13 heavy (non-hydrogen) atoms. The predicted molar refractivity (Wildman–Crippen MR) is 60.0 cm³/mol. The van der Waals surface area contributed by atoms with Gasteiger partial charge in [0.2, 0.25) is 0 Å². The van der Waals surface area contributed by atoms with E-state index in [0.717, 1.165) is 10.2 Å². The first kappa shape index (κ1) is 11.3. The molecule has 2 atom stereocenters. The van der Waals surface area contributed by atoms with Crippen molar-refractivity contribution in [2.75, 3.05) is 7.11 Å². The molecular weight excluding hydrogens is 315 g/mol. The van der Waals surface area contributed by atoms with Gasteiger partial charge in [0.05, 0.1) is 0 Å². The number of ether oxygens (including phenoxy) is 1. The van der Waals surface area contributed by atoms with Gasteiger partial charge in [0, 0.05) is 0 Å². The van der Waals surface area contributed by atoms with E-state index >= 15 is 0 Å². The van der Waals surface area contributed by atoms with E-state index < -0.39 is 0 Å². The molecule has 0 spiro atoms. The van der Waals surface area contributed by atoms with Crippen LogP contribution >= 0.6 is 27.3 Å². The van der Waals surface area contributed by atoms with Gasteiger partial charge < -0.3 is 0 Å². The number of halogens is 1. The van der Waals surface area contributed by atoms with E-state index in [1.165, 1.54) is 28.8 Å². The Labute approximate surface area is 98.3 Å². The molecule has 0 bridgehead atoms. The van der Waals surface area contributed by atoms with Crippen LogP contribution in [-0.2, 0) is 16.0 Å². The van der Waals surface area contributed by atoms with Crippen molar-refractivity contribution < 1.29 is 9.53 Å². The normalized spacial score (nSPS) is 12.5. The van der Waals surface area contributed by atoms with Crippen molar-refractivity contribution in [3.05, 3.63) is 20.8 Å². The molecule has 0 aliphatic heterocycles. The standard InChI is InChI=1S/C8H10AsBrO2S/c1-12-8(11)6(9)4-5-2-3-7(10)13-5/h2-3,6H,4,9H2,1H3/t6-/m1/s1. The molecule has 5 heteroatoms. The second-order valence-corrected chi connectivity index (χ2v) is 6.78. The molecule has 0 amide bonds. The average molecular weight is 325 g/mol. The third-order valence-corrected chi connectivity index (χ3v) is 4.27. The molecule has 0 aromatic carbocycles. The Balaban J connectivity index is 2.54. The van der Waals surface area contributed by atoms with Gasteiger partial charge in [0.1, 0.15) is 0 Å². The van der Waals surface area contributed by atoms with Crippen LogP contribution in [0.25, 0.3) is 0 Å². The SMILES string of the molecule is COC(=O)[C@H]([AsH2])Cc1ccc(Br)s1. The van der Waals surface area contributed by atoms with Crippen LogP contribution in [0.5, 0.6) is 0 Å². The van der Waals surface area contributed by atoms with E-state index in [4.69, 9.17) is 0 Å². The zero-order valence-corrected chi connectivity index (χ0v) is 11.9. The molecule has 1 unspecified atom stereocenters. The second kappa shape index (κ2) is 5.18. The minimum atomic E-state index is -0.121. The Bertz CT molecular complexity index is 300. The molecule has 0 saturated heterocycles. The molecule has 2 nitrogen and oxygen atoms in total. The van der Waals surface area contributed by atoms with Crippen molar-refractivity contribution in [3.63, 3.8) is 0 Å². The number of thiophene rings is 1. The van der Waals surface area contributed by atoms with Crippen molar-refractivity contribution in [1.82, 2.24) is 0 Å². The Morgan fingerprint density at radius 3 is 2.92 bits per heavy atom. The summed E-state index contributed by atoms with van der Waals surface area (Å²) in [6.45, 7) is 0.